The van der Waals surface area contributed by atoms with Crippen molar-refractivity contribution in [1.82, 2.24) is 0 Å². The molecule has 0 unspecified atom stereocenters. The van der Waals surface area contributed by atoms with E-state index in [0.29, 0.717) is 6.42 Å². The van der Waals surface area contributed by atoms with E-state index in [1.807, 2.05) is 11.8 Å². The predicted octanol–water partition coefficient (Wildman–Crippen LogP) is 7.85. The van der Waals surface area contributed by atoms with E-state index < -0.39 is 5.97 Å². The lowest BCUT2D eigenvalue weighted by Gasteiger charge is -2.04. The maximum absolute atomic E-state index is 10.4. The molecule has 0 radical (unpaired) electrons. The molecule has 0 heterocycles. The molecule has 0 aromatic carbocycles. The van der Waals surface area contributed by atoms with Crippen molar-refractivity contribution in [3.8, 4) is 0 Å². The Morgan fingerprint density at radius 3 is 1.36 bits per heavy atom. The molecule has 0 aliphatic rings. The zero-order valence-electron chi connectivity index (χ0n) is 16.9. The lowest BCUT2D eigenvalue weighted by Crippen LogP contribution is -1.95. The fourth-order valence-electron chi connectivity index (χ4n) is 3.18. The van der Waals surface area contributed by atoms with Gasteiger partial charge >= 0.3 is 5.97 Å². The molecular weight excluding hydrogens is 328 g/mol. The van der Waals surface area contributed by atoms with Crippen molar-refractivity contribution >= 4 is 17.7 Å². The molecule has 0 amide bonds. The van der Waals surface area contributed by atoms with Crippen LogP contribution in [0.1, 0.15) is 122 Å². The van der Waals surface area contributed by atoms with E-state index >= 15 is 0 Å². The summed E-state index contributed by atoms with van der Waals surface area (Å²) in [4.78, 5) is 10.4. The number of rotatable bonds is 21. The largest absolute Gasteiger partial charge is 0.481 e. The zero-order chi connectivity index (χ0) is 18.4. The Balaban J connectivity index is 2.97. The van der Waals surface area contributed by atoms with Gasteiger partial charge in [-0.3, -0.25) is 4.79 Å². The third kappa shape index (κ3) is 23.8. The molecule has 0 saturated heterocycles. The maximum Gasteiger partial charge on any atom is 0.303 e. The van der Waals surface area contributed by atoms with Gasteiger partial charge in [-0.1, -0.05) is 103 Å². The number of carboxylic acid groups (broad SMARTS) is 1. The monoisotopic (exact) mass is 372 g/mol. The number of unbranched alkanes of at least 4 members (excludes halogenated alkanes) is 15. The van der Waals surface area contributed by atoms with Gasteiger partial charge in [-0.25, -0.2) is 0 Å². The first-order chi connectivity index (χ1) is 12.3. The molecular formula is C22H44O2S. The molecule has 0 fully saturated rings. The summed E-state index contributed by atoms with van der Waals surface area (Å²) in [6.45, 7) is 2.28. The molecule has 150 valence electrons. The van der Waals surface area contributed by atoms with Crippen LogP contribution in [0, 0.1) is 0 Å². The Bertz CT molecular complexity index is 269. The molecule has 2 nitrogen and oxygen atoms in total. The molecule has 0 aliphatic heterocycles. The number of carboxylic acids is 1. The minimum absolute atomic E-state index is 0.325. The second kappa shape index (κ2) is 21.9. The van der Waals surface area contributed by atoms with Gasteiger partial charge in [0, 0.05) is 6.42 Å². The van der Waals surface area contributed by atoms with Crippen LogP contribution in [0.5, 0.6) is 0 Å². The highest BCUT2D eigenvalue weighted by Gasteiger charge is 1.97. The van der Waals surface area contributed by atoms with Crippen molar-refractivity contribution < 1.29 is 9.90 Å². The molecule has 0 aromatic heterocycles. The van der Waals surface area contributed by atoms with Crippen molar-refractivity contribution in [2.45, 2.75) is 122 Å². The van der Waals surface area contributed by atoms with Crippen molar-refractivity contribution in [2.75, 3.05) is 11.5 Å². The van der Waals surface area contributed by atoms with Gasteiger partial charge in [-0.2, -0.15) is 11.8 Å². The van der Waals surface area contributed by atoms with Crippen LogP contribution < -0.4 is 0 Å². The van der Waals surface area contributed by atoms with E-state index in [0.717, 1.165) is 12.2 Å². The molecule has 0 aliphatic carbocycles. The summed E-state index contributed by atoms with van der Waals surface area (Å²) in [6.07, 6.45) is 23.8. The van der Waals surface area contributed by atoms with Crippen LogP contribution in [-0.2, 0) is 4.79 Å². The van der Waals surface area contributed by atoms with Gasteiger partial charge in [-0.05, 0) is 24.3 Å². The van der Waals surface area contributed by atoms with Gasteiger partial charge in [0.25, 0.3) is 0 Å². The second-order valence-corrected chi connectivity index (χ2v) is 8.64. The van der Waals surface area contributed by atoms with Gasteiger partial charge in [0.1, 0.15) is 0 Å². The van der Waals surface area contributed by atoms with Crippen molar-refractivity contribution in [2.24, 2.45) is 0 Å². The third-order valence-electron chi connectivity index (χ3n) is 4.82. The normalized spacial score (nSPS) is 11.1. The summed E-state index contributed by atoms with van der Waals surface area (Å²) < 4.78 is 0. The van der Waals surface area contributed by atoms with Crippen LogP contribution in [0.4, 0.5) is 0 Å². The molecule has 0 spiro atoms. The maximum atomic E-state index is 10.4. The average Bonchev–Trinajstić information content (AvgIpc) is 2.60. The summed E-state index contributed by atoms with van der Waals surface area (Å²) in [6, 6.07) is 0. The first kappa shape index (κ1) is 24.8. The van der Waals surface area contributed by atoms with Crippen molar-refractivity contribution in [1.29, 1.82) is 0 Å². The van der Waals surface area contributed by atoms with Crippen LogP contribution in [0.2, 0.25) is 0 Å². The molecule has 0 bridgehead atoms. The molecule has 1 N–H and O–H groups in total. The fourth-order valence-corrected chi connectivity index (χ4v) is 4.14. The van der Waals surface area contributed by atoms with Gasteiger partial charge in [-0.15, -0.1) is 0 Å². The minimum atomic E-state index is -0.664. The van der Waals surface area contributed by atoms with E-state index in [4.69, 9.17) is 5.11 Å². The van der Waals surface area contributed by atoms with Crippen LogP contribution in [0.25, 0.3) is 0 Å². The standard InChI is InChI=1S/C22H44O2S/c1-2-3-4-5-6-7-8-9-10-11-12-13-14-15-16-17-20-25-21-18-19-22(23)24/h2-21H2,1H3,(H,23,24). The number of hydrogen-bond donors (Lipinski definition) is 1. The van der Waals surface area contributed by atoms with Gasteiger partial charge in [0.15, 0.2) is 0 Å². The van der Waals surface area contributed by atoms with Gasteiger partial charge in [0.2, 0.25) is 0 Å². The van der Waals surface area contributed by atoms with Crippen molar-refractivity contribution in [3.63, 3.8) is 0 Å². The summed E-state index contributed by atoms with van der Waals surface area (Å²) in [5, 5.41) is 8.56. The summed E-state index contributed by atoms with van der Waals surface area (Å²) in [7, 11) is 0. The van der Waals surface area contributed by atoms with Crippen LogP contribution in [-0.4, -0.2) is 22.6 Å². The average molecular weight is 373 g/mol. The molecule has 0 rings (SSSR count). The Morgan fingerprint density at radius 2 is 0.960 bits per heavy atom. The van der Waals surface area contributed by atoms with Crippen LogP contribution in [0.15, 0.2) is 0 Å². The number of thioether (sulfide) groups is 1. The molecule has 25 heavy (non-hydrogen) atoms. The molecule has 0 saturated carbocycles. The highest BCUT2D eigenvalue weighted by atomic mass is 32.2. The molecule has 3 heteroatoms. The van der Waals surface area contributed by atoms with Gasteiger partial charge < -0.3 is 5.11 Å². The highest BCUT2D eigenvalue weighted by molar-refractivity contribution is 7.99. The summed E-state index contributed by atoms with van der Waals surface area (Å²) in [5.74, 6) is 1.55. The number of aliphatic carboxylic acids is 1. The zero-order valence-corrected chi connectivity index (χ0v) is 17.7. The van der Waals surface area contributed by atoms with Gasteiger partial charge in [0.05, 0.1) is 0 Å². The lowest BCUT2D eigenvalue weighted by atomic mass is 10.0. The lowest BCUT2D eigenvalue weighted by molar-refractivity contribution is -0.137. The van der Waals surface area contributed by atoms with Crippen LogP contribution in [0.3, 0.4) is 0 Å². The first-order valence-electron chi connectivity index (χ1n) is 11.1. The van der Waals surface area contributed by atoms with Crippen molar-refractivity contribution in [3.05, 3.63) is 0 Å². The third-order valence-corrected chi connectivity index (χ3v) is 5.98. The second-order valence-electron chi connectivity index (χ2n) is 7.41. The topological polar surface area (TPSA) is 37.3 Å². The Morgan fingerprint density at radius 1 is 0.600 bits per heavy atom. The quantitative estimate of drug-likeness (QED) is 0.208. The smallest absolute Gasteiger partial charge is 0.303 e. The van der Waals surface area contributed by atoms with E-state index in [1.54, 1.807) is 0 Å². The fraction of sp³-hybridized carbons (Fsp3) is 0.955. The number of carbonyl (C=O) groups is 1. The predicted molar refractivity (Wildman–Crippen MR) is 114 cm³/mol. The summed E-state index contributed by atoms with van der Waals surface area (Å²) in [5.41, 5.74) is 0. The molecule has 0 aromatic rings. The van der Waals surface area contributed by atoms with E-state index in [9.17, 15) is 4.79 Å². The highest BCUT2D eigenvalue weighted by Crippen LogP contribution is 2.14. The Hall–Kier alpha value is -0.180. The van der Waals surface area contributed by atoms with E-state index in [1.165, 1.54) is 108 Å². The Kier molecular flexibility index (Phi) is 21.7. The minimum Gasteiger partial charge on any atom is -0.481 e. The van der Waals surface area contributed by atoms with E-state index in [-0.39, 0.29) is 0 Å². The SMILES string of the molecule is CCCCCCCCCCCCCCCCCCSCCCC(=O)O. The Labute approximate surface area is 161 Å². The summed E-state index contributed by atoms with van der Waals surface area (Å²) >= 11 is 1.92. The van der Waals surface area contributed by atoms with E-state index in [2.05, 4.69) is 6.92 Å². The van der Waals surface area contributed by atoms with Crippen LogP contribution >= 0.6 is 11.8 Å². The number of hydrogen-bond acceptors (Lipinski definition) is 2. The first-order valence-corrected chi connectivity index (χ1v) is 12.2. The molecule has 0 atom stereocenters.